The smallest absolute Gasteiger partial charge is 0.279 e. The number of hydrogen-bond acceptors (Lipinski definition) is 3. The molecule has 1 heterocycles. The van der Waals surface area contributed by atoms with Gasteiger partial charge in [-0.1, -0.05) is 31.2 Å². The standard InChI is InChI=1S/C18H21N3O/c1-3-11-21-16-10-5-4-9-15(16)17(18(21)22)20-19-14-8-6-7-13(2)12-14/h3-5,9-10,13H,1,6-8,11-12H2,2H3/b19-14+,20-17-/t13-/m0/s1. The Bertz CT molecular complexity index is 660. The van der Waals surface area contributed by atoms with Crippen LogP contribution in [0.15, 0.2) is 47.1 Å². The van der Waals surface area contributed by atoms with Gasteiger partial charge in [-0.3, -0.25) is 4.79 Å². The Morgan fingerprint density at radius 3 is 2.95 bits per heavy atom. The first-order valence-electron chi connectivity index (χ1n) is 7.86. The monoisotopic (exact) mass is 295 g/mol. The Morgan fingerprint density at radius 1 is 1.36 bits per heavy atom. The summed E-state index contributed by atoms with van der Waals surface area (Å²) in [6.07, 6.45) is 6.13. The molecule has 0 unspecified atom stereocenters. The van der Waals surface area contributed by atoms with Crippen LogP contribution in [0.5, 0.6) is 0 Å². The van der Waals surface area contributed by atoms with Crippen molar-refractivity contribution in [2.45, 2.75) is 32.6 Å². The molecule has 0 N–H and O–H groups in total. The fourth-order valence-electron chi connectivity index (χ4n) is 3.14. The molecule has 1 aliphatic carbocycles. The molecular weight excluding hydrogens is 274 g/mol. The van der Waals surface area contributed by atoms with Crippen molar-refractivity contribution in [3.63, 3.8) is 0 Å². The normalized spacial score (nSPS) is 24.9. The molecule has 114 valence electrons. The molecule has 4 heteroatoms. The number of hydrogen-bond donors (Lipinski definition) is 0. The number of anilines is 1. The van der Waals surface area contributed by atoms with Crippen molar-refractivity contribution in [1.29, 1.82) is 0 Å². The van der Waals surface area contributed by atoms with E-state index in [9.17, 15) is 4.79 Å². The third-order valence-electron chi connectivity index (χ3n) is 4.25. The van der Waals surface area contributed by atoms with Crippen LogP contribution >= 0.6 is 0 Å². The van der Waals surface area contributed by atoms with Crippen molar-refractivity contribution in [3.8, 4) is 0 Å². The number of nitrogens with zero attached hydrogens (tertiary/aromatic N) is 3. The maximum absolute atomic E-state index is 12.6. The highest BCUT2D eigenvalue weighted by atomic mass is 16.2. The van der Waals surface area contributed by atoms with Gasteiger partial charge in [0.15, 0.2) is 5.71 Å². The predicted octanol–water partition coefficient (Wildman–Crippen LogP) is 3.57. The molecule has 0 saturated heterocycles. The van der Waals surface area contributed by atoms with Gasteiger partial charge in [-0.2, -0.15) is 5.10 Å². The molecule has 2 aliphatic rings. The van der Waals surface area contributed by atoms with E-state index in [-0.39, 0.29) is 5.91 Å². The first-order valence-corrected chi connectivity index (χ1v) is 7.86. The third-order valence-corrected chi connectivity index (χ3v) is 4.25. The van der Waals surface area contributed by atoms with Gasteiger partial charge in [-0.25, -0.2) is 0 Å². The average molecular weight is 295 g/mol. The van der Waals surface area contributed by atoms with Crippen molar-refractivity contribution in [2.75, 3.05) is 11.4 Å². The van der Waals surface area contributed by atoms with Crippen molar-refractivity contribution < 1.29 is 4.79 Å². The zero-order chi connectivity index (χ0) is 15.5. The SMILES string of the molecule is C=CCN1C(=O)/C(=N\N=C2/CCC[C@H](C)C2)c2ccccc21. The quantitative estimate of drug-likeness (QED) is 0.621. The van der Waals surface area contributed by atoms with E-state index in [2.05, 4.69) is 23.7 Å². The molecule has 3 rings (SSSR count). The number of carbonyl (C=O) groups is 1. The maximum Gasteiger partial charge on any atom is 0.279 e. The van der Waals surface area contributed by atoms with Crippen molar-refractivity contribution in [2.24, 2.45) is 16.1 Å². The number of para-hydroxylation sites is 1. The van der Waals surface area contributed by atoms with Crippen LogP contribution < -0.4 is 4.90 Å². The second-order valence-electron chi connectivity index (χ2n) is 6.04. The highest BCUT2D eigenvalue weighted by Crippen LogP contribution is 2.29. The molecule has 1 atom stereocenters. The van der Waals surface area contributed by atoms with Crippen LogP contribution in [-0.4, -0.2) is 23.9 Å². The third kappa shape index (κ3) is 2.73. The lowest BCUT2D eigenvalue weighted by molar-refractivity contribution is -0.112. The summed E-state index contributed by atoms with van der Waals surface area (Å²) in [5, 5.41) is 8.71. The number of fused-ring (bicyclic) bond motifs is 1. The fourth-order valence-corrected chi connectivity index (χ4v) is 3.14. The topological polar surface area (TPSA) is 45.0 Å². The van der Waals surface area contributed by atoms with Crippen molar-refractivity contribution >= 4 is 23.0 Å². The predicted molar refractivity (Wildman–Crippen MR) is 90.6 cm³/mol. The number of carbonyl (C=O) groups excluding carboxylic acids is 1. The van der Waals surface area contributed by atoms with E-state index in [0.29, 0.717) is 18.2 Å². The van der Waals surface area contributed by atoms with E-state index < -0.39 is 0 Å². The van der Waals surface area contributed by atoms with Crippen molar-refractivity contribution in [3.05, 3.63) is 42.5 Å². The van der Waals surface area contributed by atoms with E-state index in [1.54, 1.807) is 11.0 Å². The Hall–Kier alpha value is -2.23. The highest BCUT2D eigenvalue weighted by Gasteiger charge is 2.33. The molecule has 1 fully saturated rings. The largest absolute Gasteiger partial charge is 0.302 e. The molecule has 0 spiro atoms. The van der Waals surface area contributed by atoms with Gasteiger partial charge in [0.2, 0.25) is 0 Å². The summed E-state index contributed by atoms with van der Waals surface area (Å²) in [5.41, 5.74) is 3.31. The van der Waals surface area contributed by atoms with Crippen LogP contribution in [0.3, 0.4) is 0 Å². The molecule has 1 aliphatic heterocycles. The van der Waals surface area contributed by atoms with E-state index >= 15 is 0 Å². The molecule has 0 aromatic heterocycles. The molecule has 4 nitrogen and oxygen atoms in total. The molecular formula is C18H21N3O. The lowest BCUT2D eigenvalue weighted by Gasteiger charge is -2.18. The second kappa shape index (κ2) is 6.26. The summed E-state index contributed by atoms with van der Waals surface area (Å²) in [4.78, 5) is 14.3. The molecule has 0 bridgehead atoms. The molecule has 1 aromatic carbocycles. The summed E-state index contributed by atoms with van der Waals surface area (Å²) in [6.45, 7) is 6.45. The molecule has 22 heavy (non-hydrogen) atoms. The average Bonchev–Trinajstić information content (AvgIpc) is 2.78. The van der Waals surface area contributed by atoms with Gasteiger partial charge >= 0.3 is 0 Å². The van der Waals surface area contributed by atoms with E-state index in [1.807, 2.05) is 24.3 Å². The Kier molecular flexibility index (Phi) is 4.18. The minimum atomic E-state index is -0.0886. The van der Waals surface area contributed by atoms with Crippen LogP contribution in [-0.2, 0) is 4.79 Å². The molecule has 1 saturated carbocycles. The van der Waals surface area contributed by atoms with E-state index in [1.165, 1.54) is 6.42 Å². The van der Waals surface area contributed by atoms with Crippen LogP contribution in [0.4, 0.5) is 5.69 Å². The highest BCUT2D eigenvalue weighted by molar-refractivity contribution is 6.54. The maximum atomic E-state index is 12.6. The Labute approximate surface area is 131 Å². The Morgan fingerprint density at radius 2 is 2.18 bits per heavy atom. The van der Waals surface area contributed by atoms with Gasteiger partial charge in [0.25, 0.3) is 5.91 Å². The number of benzene rings is 1. The summed E-state index contributed by atoms with van der Waals surface area (Å²) in [7, 11) is 0. The van der Waals surface area contributed by atoms with Gasteiger partial charge in [-0.05, 0) is 37.7 Å². The zero-order valence-electron chi connectivity index (χ0n) is 13.0. The van der Waals surface area contributed by atoms with Gasteiger partial charge in [-0.15, -0.1) is 11.7 Å². The van der Waals surface area contributed by atoms with Gasteiger partial charge in [0.1, 0.15) is 0 Å². The summed E-state index contributed by atoms with van der Waals surface area (Å²) in [6, 6.07) is 7.72. The number of rotatable bonds is 3. The first kappa shape index (κ1) is 14.7. The lowest BCUT2D eigenvalue weighted by atomic mass is 9.89. The number of amides is 1. The fraction of sp³-hybridized carbons (Fsp3) is 0.389. The summed E-state index contributed by atoms with van der Waals surface area (Å²) >= 11 is 0. The van der Waals surface area contributed by atoms with Crippen LogP contribution in [0.2, 0.25) is 0 Å². The molecule has 1 amide bonds. The van der Waals surface area contributed by atoms with Crippen LogP contribution in [0, 0.1) is 5.92 Å². The minimum Gasteiger partial charge on any atom is -0.302 e. The van der Waals surface area contributed by atoms with Crippen LogP contribution in [0.1, 0.15) is 38.2 Å². The van der Waals surface area contributed by atoms with E-state index in [0.717, 1.165) is 36.2 Å². The summed E-state index contributed by atoms with van der Waals surface area (Å²) < 4.78 is 0. The second-order valence-corrected chi connectivity index (χ2v) is 6.04. The molecule has 0 radical (unpaired) electrons. The van der Waals surface area contributed by atoms with Crippen LogP contribution in [0.25, 0.3) is 0 Å². The van der Waals surface area contributed by atoms with Crippen molar-refractivity contribution in [1.82, 2.24) is 0 Å². The minimum absolute atomic E-state index is 0.0886. The lowest BCUT2D eigenvalue weighted by Crippen LogP contribution is -2.30. The van der Waals surface area contributed by atoms with Gasteiger partial charge < -0.3 is 4.90 Å². The van der Waals surface area contributed by atoms with E-state index in [4.69, 9.17) is 0 Å². The first-order chi connectivity index (χ1) is 10.7. The molecule has 1 aromatic rings. The van der Waals surface area contributed by atoms with Gasteiger partial charge in [0.05, 0.1) is 5.69 Å². The summed E-state index contributed by atoms with van der Waals surface area (Å²) in [5.74, 6) is 0.575. The zero-order valence-corrected chi connectivity index (χ0v) is 13.0. The Balaban J connectivity index is 1.93. The van der Waals surface area contributed by atoms with Gasteiger partial charge in [0, 0.05) is 17.8 Å².